The highest BCUT2D eigenvalue weighted by Gasteiger charge is 2.52. The predicted molar refractivity (Wildman–Crippen MR) is 144 cm³/mol. The number of carbonyl (C=O) groups is 2. The molecule has 3 rings (SSSR count). The van der Waals surface area contributed by atoms with Crippen molar-refractivity contribution in [1.82, 2.24) is 20.2 Å². The lowest BCUT2D eigenvalue weighted by Gasteiger charge is -2.42. The minimum absolute atomic E-state index is 0.0501. The number of likely N-dealkylation sites (tertiary alicyclic amines) is 1. The van der Waals surface area contributed by atoms with Gasteiger partial charge in [-0.15, -0.1) is 0 Å². The zero-order chi connectivity index (χ0) is 27.8. The van der Waals surface area contributed by atoms with Crippen molar-refractivity contribution in [2.75, 3.05) is 18.0 Å². The Morgan fingerprint density at radius 2 is 1.70 bits per heavy atom. The van der Waals surface area contributed by atoms with Crippen LogP contribution in [0.15, 0.2) is 12.4 Å². The van der Waals surface area contributed by atoms with Crippen molar-refractivity contribution >= 4 is 30.5 Å². The van der Waals surface area contributed by atoms with Crippen LogP contribution in [0.2, 0.25) is 0 Å². The van der Waals surface area contributed by atoms with Gasteiger partial charge in [-0.05, 0) is 82.1 Å². The quantitative estimate of drug-likeness (QED) is 0.575. The molecule has 1 aromatic heterocycles. The maximum absolute atomic E-state index is 13.1. The van der Waals surface area contributed by atoms with Gasteiger partial charge in [0.1, 0.15) is 11.6 Å². The van der Waals surface area contributed by atoms with Crippen LogP contribution in [-0.2, 0) is 18.8 Å². The summed E-state index contributed by atoms with van der Waals surface area (Å²) in [4.78, 5) is 38.6. The SMILES string of the molecule is CC(C)N(c1ncc(B2OC(C)(C)C(C)(C)O2)cn1)[C@@H]1CCCN(C(=O)[C@H](C)NC(=O)OC(C)(C)C)C1. The molecule has 0 saturated carbocycles. The van der Waals surface area contributed by atoms with Gasteiger partial charge in [-0.3, -0.25) is 4.79 Å². The van der Waals surface area contributed by atoms with E-state index in [0.717, 1.165) is 18.3 Å². The zero-order valence-electron chi connectivity index (χ0n) is 24.1. The van der Waals surface area contributed by atoms with Gasteiger partial charge in [0.2, 0.25) is 11.9 Å². The number of amides is 2. The molecule has 0 aromatic carbocycles. The molecule has 0 radical (unpaired) electrons. The zero-order valence-corrected chi connectivity index (χ0v) is 24.1. The van der Waals surface area contributed by atoms with Gasteiger partial charge < -0.3 is 29.2 Å². The number of alkyl carbamates (subject to hydrolysis) is 1. The summed E-state index contributed by atoms with van der Waals surface area (Å²) < 4.78 is 17.6. The van der Waals surface area contributed by atoms with Crippen molar-refractivity contribution in [3.63, 3.8) is 0 Å². The summed E-state index contributed by atoms with van der Waals surface area (Å²) in [5.41, 5.74) is -0.728. The Morgan fingerprint density at radius 1 is 1.14 bits per heavy atom. The van der Waals surface area contributed by atoms with Crippen molar-refractivity contribution < 1.29 is 23.6 Å². The molecule has 2 aliphatic rings. The first-order chi connectivity index (χ1) is 17.0. The molecule has 2 amide bonds. The molecule has 37 heavy (non-hydrogen) atoms. The fourth-order valence-corrected chi connectivity index (χ4v) is 4.58. The number of ether oxygens (including phenoxy) is 1. The predicted octanol–water partition coefficient (Wildman–Crippen LogP) is 2.89. The first kappa shape index (κ1) is 29.2. The van der Waals surface area contributed by atoms with E-state index in [0.29, 0.717) is 19.0 Å². The third kappa shape index (κ3) is 6.93. The molecule has 0 bridgehead atoms. The number of anilines is 1. The monoisotopic (exact) mass is 517 g/mol. The molecule has 2 aliphatic heterocycles. The lowest BCUT2D eigenvalue weighted by Crippen LogP contribution is -2.56. The van der Waals surface area contributed by atoms with Gasteiger partial charge in [-0.2, -0.15) is 0 Å². The van der Waals surface area contributed by atoms with Crippen LogP contribution in [0.1, 0.15) is 82.1 Å². The maximum Gasteiger partial charge on any atom is 0.498 e. The Labute approximate surface area is 222 Å². The van der Waals surface area contributed by atoms with Crippen LogP contribution >= 0.6 is 0 Å². The number of rotatable bonds is 6. The van der Waals surface area contributed by atoms with Crippen LogP contribution in [0.5, 0.6) is 0 Å². The van der Waals surface area contributed by atoms with Crippen molar-refractivity contribution in [3.05, 3.63) is 12.4 Å². The smallest absolute Gasteiger partial charge is 0.444 e. The lowest BCUT2D eigenvalue weighted by atomic mass is 9.81. The van der Waals surface area contributed by atoms with E-state index < -0.39 is 36.1 Å². The van der Waals surface area contributed by atoms with Crippen LogP contribution in [0.3, 0.4) is 0 Å². The van der Waals surface area contributed by atoms with Gasteiger partial charge in [0, 0.05) is 43.0 Å². The van der Waals surface area contributed by atoms with E-state index in [1.807, 2.05) is 32.6 Å². The Kier molecular flexibility index (Phi) is 8.49. The highest BCUT2D eigenvalue weighted by molar-refractivity contribution is 6.61. The first-order valence-corrected chi connectivity index (χ1v) is 13.2. The van der Waals surface area contributed by atoms with Gasteiger partial charge in [-0.25, -0.2) is 14.8 Å². The summed E-state index contributed by atoms with van der Waals surface area (Å²) in [6, 6.07) is -0.509. The van der Waals surface area contributed by atoms with Gasteiger partial charge in [0.15, 0.2) is 0 Å². The minimum Gasteiger partial charge on any atom is -0.444 e. The molecule has 0 unspecified atom stereocenters. The molecule has 0 spiro atoms. The first-order valence-electron chi connectivity index (χ1n) is 13.2. The fourth-order valence-electron chi connectivity index (χ4n) is 4.58. The number of nitrogens with one attached hydrogen (secondary N) is 1. The van der Waals surface area contributed by atoms with Crippen LogP contribution in [-0.4, -0.2) is 82.0 Å². The number of nitrogens with zero attached hydrogens (tertiary/aromatic N) is 4. The fraction of sp³-hybridized carbons (Fsp3) is 0.769. The van der Waals surface area contributed by atoms with Gasteiger partial charge in [-0.1, -0.05) is 0 Å². The molecule has 10 nitrogen and oxygen atoms in total. The number of hydrogen-bond acceptors (Lipinski definition) is 8. The minimum atomic E-state index is -0.684. The molecular formula is C26H44BN5O5. The number of hydrogen-bond donors (Lipinski definition) is 1. The Morgan fingerprint density at radius 3 is 2.22 bits per heavy atom. The average molecular weight is 517 g/mol. The van der Waals surface area contributed by atoms with E-state index in [2.05, 4.69) is 34.0 Å². The Balaban J connectivity index is 1.68. The highest BCUT2D eigenvalue weighted by Crippen LogP contribution is 2.36. The van der Waals surface area contributed by atoms with E-state index in [-0.39, 0.29) is 18.0 Å². The second kappa shape index (κ2) is 10.8. The van der Waals surface area contributed by atoms with Crippen LogP contribution in [0, 0.1) is 0 Å². The van der Waals surface area contributed by atoms with Crippen LogP contribution < -0.4 is 15.7 Å². The molecule has 1 N–H and O–H groups in total. The molecule has 2 atom stereocenters. The summed E-state index contributed by atoms with van der Waals surface area (Å²) in [5.74, 6) is 0.478. The Bertz CT molecular complexity index is 947. The van der Waals surface area contributed by atoms with Crippen molar-refractivity contribution in [2.24, 2.45) is 0 Å². The summed E-state index contributed by atoms with van der Waals surface area (Å²) >= 11 is 0. The second-order valence-electron chi connectivity index (χ2n) is 12.4. The van der Waals surface area contributed by atoms with Gasteiger partial charge in [0.05, 0.1) is 11.2 Å². The molecule has 0 aliphatic carbocycles. The molecular weight excluding hydrogens is 473 g/mol. The Hall–Kier alpha value is -2.40. The van der Waals surface area contributed by atoms with Gasteiger partial charge >= 0.3 is 13.2 Å². The van der Waals surface area contributed by atoms with Crippen LogP contribution in [0.25, 0.3) is 0 Å². The summed E-state index contributed by atoms with van der Waals surface area (Å²) in [5, 5.41) is 2.66. The molecule has 11 heteroatoms. The normalized spacial score (nSPS) is 22.1. The third-order valence-corrected chi connectivity index (χ3v) is 7.18. The maximum atomic E-state index is 13.1. The number of piperidine rings is 1. The third-order valence-electron chi connectivity index (χ3n) is 7.18. The van der Waals surface area contributed by atoms with Gasteiger partial charge in [0.25, 0.3) is 0 Å². The molecule has 2 saturated heterocycles. The molecule has 206 valence electrons. The lowest BCUT2D eigenvalue weighted by molar-refractivity contribution is -0.134. The highest BCUT2D eigenvalue weighted by atomic mass is 16.7. The van der Waals surface area contributed by atoms with E-state index in [4.69, 9.17) is 14.0 Å². The van der Waals surface area contributed by atoms with Crippen molar-refractivity contribution in [2.45, 2.75) is 117 Å². The summed E-state index contributed by atoms with van der Waals surface area (Å²) in [6.45, 7) is 20.5. The standard InChI is InChI=1S/C26H44BN5O5/c1-17(2)32(22-28-14-19(15-29-22)27-36-25(7,8)26(9,10)37-27)20-12-11-13-31(16-20)21(33)18(3)30-23(34)35-24(4,5)6/h14-15,17-18,20H,11-13,16H2,1-10H3,(H,30,34)/t18-,20+/m0/s1. The summed E-state index contributed by atoms with van der Waals surface area (Å²) in [6.07, 6.45) is 4.70. The average Bonchev–Trinajstić information content (AvgIpc) is 2.99. The van der Waals surface area contributed by atoms with E-state index >= 15 is 0 Å². The van der Waals surface area contributed by atoms with Crippen LogP contribution in [0.4, 0.5) is 10.7 Å². The number of aromatic nitrogens is 2. The number of carbonyl (C=O) groups excluding carboxylic acids is 2. The second-order valence-corrected chi connectivity index (χ2v) is 12.4. The van der Waals surface area contributed by atoms with E-state index in [1.54, 1.807) is 40.1 Å². The topological polar surface area (TPSA) is 106 Å². The largest absolute Gasteiger partial charge is 0.498 e. The molecule has 1 aromatic rings. The van der Waals surface area contributed by atoms with E-state index in [1.165, 1.54) is 0 Å². The molecule has 3 heterocycles. The van der Waals surface area contributed by atoms with E-state index in [9.17, 15) is 9.59 Å². The van der Waals surface area contributed by atoms with Crippen molar-refractivity contribution in [3.8, 4) is 0 Å². The van der Waals surface area contributed by atoms with Crippen molar-refractivity contribution in [1.29, 1.82) is 0 Å². The molecule has 2 fully saturated rings. The summed E-state index contributed by atoms with van der Waals surface area (Å²) in [7, 11) is -0.520.